The van der Waals surface area contributed by atoms with Gasteiger partial charge in [0.25, 0.3) is 0 Å². The summed E-state index contributed by atoms with van der Waals surface area (Å²) in [4.78, 5) is 17.8. The number of rotatable bonds is 1. The van der Waals surface area contributed by atoms with Gasteiger partial charge in [-0.25, -0.2) is 0 Å². The quantitative estimate of drug-likeness (QED) is 0.592. The maximum Gasteiger partial charge on any atom is 0.356 e. The molecule has 1 rings (SSSR count). The van der Waals surface area contributed by atoms with Crippen LogP contribution in [0.25, 0.3) is 0 Å². The molecule has 0 bridgehead atoms. The van der Waals surface area contributed by atoms with Gasteiger partial charge in [-0.15, -0.1) is 0 Å². The number of ether oxygens (including phenoxy) is 1. The van der Waals surface area contributed by atoms with Gasteiger partial charge in [-0.2, -0.15) is 0 Å². The Morgan fingerprint density at radius 1 is 1.45 bits per heavy atom. The monoisotopic (exact) mass is 180 g/mol. The molecule has 5 heteroatoms. The molecule has 66 valence electrons. The van der Waals surface area contributed by atoms with E-state index in [1.807, 2.05) is 0 Å². The van der Waals surface area contributed by atoms with Crippen molar-refractivity contribution < 1.29 is 19.1 Å². The summed E-state index contributed by atoms with van der Waals surface area (Å²) < 4.78 is 15.9. The van der Waals surface area contributed by atoms with Crippen LogP contribution in [0.3, 0.4) is 0 Å². The Morgan fingerprint density at radius 2 is 2.09 bits per heavy atom. The summed E-state index contributed by atoms with van der Waals surface area (Å²) in [5, 5.41) is -1.22. The van der Waals surface area contributed by atoms with Gasteiger partial charge in [0, 0.05) is 6.61 Å². The van der Waals surface area contributed by atoms with Crippen LogP contribution < -0.4 is 0 Å². The fourth-order valence-corrected chi connectivity index (χ4v) is 1.86. The molecule has 0 spiro atoms. The third-order valence-corrected chi connectivity index (χ3v) is 3.65. The van der Waals surface area contributed by atoms with Crippen molar-refractivity contribution in [3.8, 4) is 0 Å². The van der Waals surface area contributed by atoms with Crippen molar-refractivity contribution in [1.29, 1.82) is 0 Å². The summed E-state index contributed by atoms with van der Waals surface area (Å²) in [7, 11) is -4.08. The fraction of sp³-hybridized carbons (Fsp3) is 1.00. The van der Waals surface area contributed by atoms with Crippen LogP contribution in [0, 0.1) is 0 Å². The summed E-state index contributed by atoms with van der Waals surface area (Å²) in [6, 6.07) is 0. The lowest BCUT2D eigenvalue weighted by atomic mass is 10.1. The molecule has 2 N–H and O–H groups in total. The summed E-state index contributed by atoms with van der Waals surface area (Å²) in [6.07, 6.45) is 2.19. The maximum absolute atomic E-state index is 10.9. The van der Waals surface area contributed by atoms with Crippen molar-refractivity contribution in [3.63, 3.8) is 0 Å². The highest BCUT2D eigenvalue weighted by Crippen LogP contribution is 2.54. The standard InChI is InChI=1S/C6H13O4P/c1-6(11(7,8)9)4-2-3-5-10-6/h2-5H2,1H3,(H2,7,8,9). The predicted molar refractivity (Wildman–Crippen MR) is 40.3 cm³/mol. The molecule has 1 atom stereocenters. The summed E-state index contributed by atoms with van der Waals surface area (Å²) in [5.74, 6) is 0. The first-order valence-electron chi connectivity index (χ1n) is 3.65. The Morgan fingerprint density at radius 3 is 2.36 bits per heavy atom. The van der Waals surface area contributed by atoms with Crippen molar-refractivity contribution in [2.75, 3.05) is 6.61 Å². The first kappa shape index (κ1) is 9.20. The Labute approximate surface area is 65.7 Å². The van der Waals surface area contributed by atoms with E-state index in [4.69, 9.17) is 14.5 Å². The van der Waals surface area contributed by atoms with Crippen molar-refractivity contribution in [1.82, 2.24) is 0 Å². The number of hydrogen-bond acceptors (Lipinski definition) is 2. The fourth-order valence-electron chi connectivity index (χ4n) is 1.15. The van der Waals surface area contributed by atoms with Gasteiger partial charge in [0.1, 0.15) is 0 Å². The molecule has 1 heterocycles. The zero-order valence-corrected chi connectivity index (χ0v) is 7.38. The van der Waals surface area contributed by atoms with Gasteiger partial charge < -0.3 is 14.5 Å². The highest BCUT2D eigenvalue weighted by molar-refractivity contribution is 7.53. The van der Waals surface area contributed by atoms with E-state index < -0.39 is 12.9 Å². The average Bonchev–Trinajstić information content (AvgIpc) is 1.87. The van der Waals surface area contributed by atoms with Crippen LogP contribution in [0.5, 0.6) is 0 Å². The van der Waals surface area contributed by atoms with E-state index in [0.717, 1.165) is 12.8 Å². The molecule has 0 aromatic carbocycles. The largest absolute Gasteiger partial charge is 0.363 e. The molecule has 0 aliphatic carbocycles. The molecule has 1 fully saturated rings. The minimum absolute atomic E-state index is 0.456. The minimum Gasteiger partial charge on any atom is -0.363 e. The van der Waals surface area contributed by atoms with Gasteiger partial charge in [-0.1, -0.05) is 0 Å². The molecule has 1 unspecified atom stereocenters. The summed E-state index contributed by atoms with van der Waals surface area (Å²) >= 11 is 0. The highest BCUT2D eigenvalue weighted by Gasteiger charge is 2.44. The second-order valence-corrected chi connectivity index (χ2v) is 5.06. The lowest BCUT2D eigenvalue weighted by Crippen LogP contribution is -2.32. The molecule has 0 amide bonds. The van der Waals surface area contributed by atoms with Crippen LogP contribution >= 0.6 is 7.60 Å². The van der Waals surface area contributed by atoms with Crippen LogP contribution in [0.15, 0.2) is 0 Å². The van der Waals surface area contributed by atoms with Crippen LogP contribution in [-0.4, -0.2) is 21.7 Å². The van der Waals surface area contributed by atoms with E-state index >= 15 is 0 Å². The zero-order chi connectivity index (χ0) is 8.54. The molecular weight excluding hydrogens is 167 g/mol. The van der Waals surface area contributed by atoms with E-state index in [0.29, 0.717) is 13.0 Å². The van der Waals surface area contributed by atoms with Crippen molar-refractivity contribution in [2.45, 2.75) is 31.5 Å². The normalized spacial score (nSPS) is 33.7. The first-order valence-corrected chi connectivity index (χ1v) is 5.26. The van der Waals surface area contributed by atoms with Gasteiger partial charge in [0.05, 0.1) is 0 Å². The van der Waals surface area contributed by atoms with Crippen LogP contribution in [0.4, 0.5) is 0 Å². The SMILES string of the molecule is CC1(P(=O)(O)O)CCCCO1. The van der Waals surface area contributed by atoms with Crippen LogP contribution in [-0.2, 0) is 9.30 Å². The van der Waals surface area contributed by atoms with E-state index in [2.05, 4.69) is 0 Å². The molecule has 0 aromatic rings. The van der Waals surface area contributed by atoms with Gasteiger partial charge in [-0.3, -0.25) is 4.57 Å². The van der Waals surface area contributed by atoms with E-state index in [9.17, 15) is 4.57 Å². The van der Waals surface area contributed by atoms with Gasteiger partial charge >= 0.3 is 7.60 Å². The molecule has 11 heavy (non-hydrogen) atoms. The van der Waals surface area contributed by atoms with E-state index in [1.54, 1.807) is 0 Å². The Balaban J connectivity index is 2.72. The van der Waals surface area contributed by atoms with Crippen LogP contribution in [0.2, 0.25) is 0 Å². The second-order valence-electron chi connectivity index (χ2n) is 3.02. The smallest absolute Gasteiger partial charge is 0.356 e. The molecule has 1 aliphatic heterocycles. The van der Waals surface area contributed by atoms with E-state index in [1.165, 1.54) is 6.92 Å². The molecular formula is C6H13O4P. The highest BCUT2D eigenvalue weighted by atomic mass is 31.2. The van der Waals surface area contributed by atoms with Crippen molar-refractivity contribution in [3.05, 3.63) is 0 Å². The summed E-state index contributed by atoms with van der Waals surface area (Å²) in [5.41, 5.74) is 0. The first-order chi connectivity index (χ1) is 4.96. The zero-order valence-electron chi connectivity index (χ0n) is 6.49. The predicted octanol–water partition coefficient (Wildman–Crippen LogP) is 1.08. The Kier molecular flexibility index (Phi) is 2.40. The summed E-state index contributed by atoms with van der Waals surface area (Å²) in [6.45, 7) is 1.94. The number of hydrogen-bond donors (Lipinski definition) is 2. The molecule has 0 saturated carbocycles. The minimum atomic E-state index is -4.08. The van der Waals surface area contributed by atoms with Gasteiger partial charge in [0.2, 0.25) is 0 Å². The van der Waals surface area contributed by atoms with E-state index in [-0.39, 0.29) is 0 Å². The van der Waals surface area contributed by atoms with Crippen molar-refractivity contribution >= 4 is 7.60 Å². The van der Waals surface area contributed by atoms with Crippen LogP contribution in [0.1, 0.15) is 26.2 Å². The molecule has 4 nitrogen and oxygen atoms in total. The maximum atomic E-state index is 10.9. The topological polar surface area (TPSA) is 66.8 Å². The third kappa shape index (κ3) is 1.82. The van der Waals surface area contributed by atoms with Gasteiger partial charge in [-0.05, 0) is 26.2 Å². The molecule has 0 radical (unpaired) electrons. The van der Waals surface area contributed by atoms with Gasteiger partial charge in [0.15, 0.2) is 5.34 Å². The Hall–Kier alpha value is 0.110. The Bertz CT molecular complexity index is 179. The molecule has 1 saturated heterocycles. The van der Waals surface area contributed by atoms with Crippen molar-refractivity contribution in [2.24, 2.45) is 0 Å². The lowest BCUT2D eigenvalue weighted by molar-refractivity contribution is -0.0219. The molecule has 0 aromatic heterocycles. The second kappa shape index (κ2) is 2.87. The third-order valence-electron chi connectivity index (χ3n) is 2.06. The lowest BCUT2D eigenvalue weighted by Gasteiger charge is -2.33. The average molecular weight is 180 g/mol. The molecule has 1 aliphatic rings.